The fourth-order valence-electron chi connectivity index (χ4n) is 4.13. The van der Waals surface area contributed by atoms with Crippen LogP contribution in [-0.4, -0.2) is 59.8 Å². The number of aromatic nitrogens is 1. The zero-order chi connectivity index (χ0) is 23.4. The predicted octanol–water partition coefficient (Wildman–Crippen LogP) is 2.89. The molecule has 2 amide bonds. The Hall–Kier alpha value is -3.52. The van der Waals surface area contributed by atoms with Crippen molar-refractivity contribution >= 4 is 23.2 Å². The van der Waals surface area contributed by atoms with Gasteiger partial charge >= 0.3 is 0 Å². The van der Waals surface area contributed by atoms with E-state index in [4.69, 9.17) is 10.1 Å². The van der Waals surface area contributed by atoms with Gasteiger partial charge in [0.05, 0.1) is 18.4 Å². The number of pyridine rings is 1. The smallest absolute Gasteiger partial charge is 0.255 e. The van der Waals surface area contributed by atoms with Gasteiger partial charge in [-0.15, -0.1) is 0 Å². The Morgan fingerprint density at radius 3 is 2.76 bits per heavy atom. The van der Waals surface area contributed by atoms with Crippen LogP contribution in [0.3, 0.4) is 0 Å². The molecular weight excluding hydrogens is 418 g/mol. The number of anilines is 1. The molecule has 2 aromatic rings. The van der Waals surface area contributed by atoms with Crippen LogP contribution in [0.4, 0.5) is 5.69 Å². The zero-order valence-electron chi connectivity index (χ0n) is 19.0. The van der Waals surface area contributed by atoms with Crippen molar-refractivity contribution in [3.05, 3.63) is 70.7 Å². The Labute approximate surface area is 193 Å². The van der Waals surface area contributed by atoms with Gasteiger partial charge in [0.25, 0.3) is 5.91 Å². The summed E-state index contributed by atoms with van der Waals surface area (Å²) in [4.78, 5) is 30.7. The van der Waals surface area contributed by atoms with E-state index in [-0.39, 0.29) is 17.9 Å². The molecule has 3 N–H and O–H groups in total. The van der Waals surface area contributed by atoms with Crippen LogP contribution in [0.5, 0.6) is 0 Å². The van der Waals surface area contributed by atoms with Gasteiger partial charge in [-0.05, 0) is 37.6 Å². The van der Waals surface area contributed by atoms with Gasteiger partial charge in [-0.25, -0.2) is 0 Å². The predicted molar refractivity (Wildman–Crippen MR) is 126 cm³/mol. The van der Waals surface area contributed by atoms with Gasteiger partial charge in [0.15, 0.2) is 0 Å². The third kappa shape index (κ3) is 5.46. The first kappa shape index (κ1) is 22.7. The van der Waals surface area contributed by atoms with Crippen molar-refractivity contribution in [2.24, 2.45) is 0 Å². The van der Waals surface area contributed by atoms with Crippen molar-refractivity contribution in [1.82, 2.24) is 15.2 Å². The number of carbonyl (C=O) groups excluding carboxylic acids is 2. The molecule has 3 heterocycles. The molecule has 33 heavy (non-hydrogen) atoms. The number of hydrogen-bond donors (Lipinski definition) is 3. The molecule has 2 aliphatic heterocycles. The lowest BCUT2D eigenvalue weighted by atomic mass is 9.94. The first-order valence-electron chi connectivity index (χ1n) is 11.2. The second-order valence-corrected chi connectivity index (χ2v) is 8.45. The summed E-state index contributed by atoms with van der Waals surface area (Å²) in [7, 11) is 0. The van der Waals surface area contributed by atoms with Gasteiger partial charge in [-0.3, -0.25) is 20.0 Å². The Morgan fingerprint density at radius 2 is 2.03 bits per heavy atom. The summed E-state index contributed by atoms with van der Waals surface area (Å²) in [5, 5.41) is 15.4. The average molecular weight is 448 g/mol. The van der Waals surface area contributed by atoms with Crippen LogP contribution < -0.4 is 10.6 Å². The maximum Gasteiger partial charge on any atom is 0.255 e. The van der Waals surface area contributed by atoms with E-state index in [9.17, 15) is 9.59 Å². The van der Waals surface area contributed by atoms with Crippen molar-refractivity contribution < 1.29 is 14.3 Å². The van der Waals surface area contributed by atoms with Crippen LogP contribution >= 0.6 is 0 Å². The summed E-state index contributed by atoms with van der Waals surface area (Å²) >= 11 is 0. The number of benzene rings is 1. The summed E-state index contributed by atoms with van der Waals surface area (Å²) in [5.74, 6) is -0.260. The maximum absolute atomic E-state index is 12.8. The van der Waals surface area contributed by atoms with E-state index in [2.05, 4.69) is 15.6 Å². The first-order chi connectivity index (χ1) is 15.9. The van der Waals surface area contributed by atoms with Crippen molar-refractivity contribution in [3.63, 3.8) is 0 Å². The average Bonchev–Trinajstić information content (AvgIpc) is 3.32. The monoisotopic (exact) mass is 447 g/mol. The standard InChI is InChI=1S/C25H29N5O3/c1-16-12-20(6-9-27-16)29-25(32)19-5-3-4-18(13-19)24(26)22-14-30(17(2)31)10-7-23(22)28-21-8-11-33-15-21/h3-6,9,12-13,21,26,28H,7-8,10-11,14-15H2,1-2H3,(H,27,29,32). The van der Waals surface area contributed by atoms with Crippen molar-refractivity contribution in [2.75, 3.05) is 31.6 Å². The normalized spacial score (nSPS) is 18.2. The van der Waals surface area contributed by atoms with E-state index in [1.807, 2.05) is 13.0 Å². The minimum atomic E-state index is -0.250. The molecule has 0 bridgehead atoms. The molecule has 0 spiro atoms. The largest absolute Gasteiger partial charge is 0.383 e. The number of ether oxygens (including phenoxy) is 1. The Morgan fingerprint density at radius 1 is 1.21 bits per heavy atom. The number of carbonyl (C=O) groups is 2. The first-order valence-corrected chi connectivity index (χ1v) is 11.2. The van der Waals surface area contributed by atoms with Crippen LogP contribution in [0.2, 0.25) is 0 Å². The molecular formula is C25H29N5O3. The molecule has 1 fully saturated rings. The molecule has 0 aliphatic carbocycles. The summed E-state index contributed by atoms with van der Waals surface area (Å²) < 4.78 is 5.48. The van der Waals surface area contributed by atoms with Gasteiger partial charge in [-0.2, -0.15) is 0 Å². The molecule has 1 saturated heterocycles. The topological polar surface area (TPSA) is 107 Å². The summed E-state index contributed by atoms with van der Waals surface area (Å²) in [6.07, 6.45) is 3.23. The Bertz CT molecular complexity index is 1100. The minimum absolute atomic E-state index is 0.00989. The molecule has 1 aromatic carbocycles. The third-order valence-electron chi connectivity index (χ3n) is 5.97. The van der Waals surface area contributed by atoms with Crippen LogP contribution in [0.25, 0.3) is 0 Å². The van der Waals surface area contributed by atoms with Gasteiger partial charge in [0, 0.05) is 73.0 Å². The van der Waals surface area contributed by atoms with Crippen LogP contribution in [0.1, 0.15) is 41.4 Å². The van der Waals surface area contributed by atoms with E-state index >= 15 is 0 Å². The minimum Gasteiger partial charge on any atom is -0.383 e. The fraction of sp³-hybridized carbons (Fsp3) is 0.360. The number of rotatable bonds is 6. The number of nitrogens with zero attached hydrogens (tertiary/aromatic N) is 2. The SMILES string of the molecule is CC(=O)N1CCC(NC2CCOC2)=C(C(=N)c2cccc(C(=O)Nc3ccnc(C)c3)c2)C1. The molecule has 1 unspecified atom stereocenters. The highest BCUT2D eigenvalue weighted by molar-refractivity contribution is 6.13. The van der Waals surface area contributed by atoms with Crippen molar-refractivity contribution in [1.29, 1.82) is 5.41 Å². The summed E-state index contributed by atoms with van der Waals surface area (Å²) in [6, 6.07) is 10.8. The zero-order valence-corrected chi connectivity index (χ0v) is 19.0. The van der Waals surface area contributed by atoms with Crippen LogP contribution in [0, 0.1) is 12.3 Å². The van der Waals surface area contributed by atoms with Gasteiger partial charge in [0.2, 0.25) is 5.91 Å². The molecule has 172 valence electrons. The number of nitrogens with one attached hydrogen (secondary N) is 3. The number of aryl methyl sites for hydroxylation is 1. The van der Waals surface area contributed by atoms with E-state index in [0.29, 0.717) is 48.6 Å². The van der Waals surface area contributed by atoms with E-state index in [0.717, 1.165) is 30.0 Å². The van der Waals surface area contributed by atoms with E-state index < -0.39 is 0 Å². The van der Waals surface area contributed by atoms with Crippen molar-refractivity contribution in [3.8, 4) is 0 Å². The molecule has 0 radical (unpaired) electrons. The molecule has 2 aliphatic rings. The number of amides is 2. The second-order valence-electron chi connectivity index (χ2n) is 8.45. The van der Waals surface area contributed by atoms with E-state index in [1.165, 1.54) is 0 Å². The Kier molecular flexibility index (Phi) is 6.84. The second kappa shape index (κ2) is 9.95. The van der Waals surface area contributed by atoms with Crippen LogP contribution in [0.15, 0.2) is 53.9 Å². The van der Waals surface area contributed by atoms with Gasteiger partial charge in [-0.1, -0.05) is 12.1 Å². The molecule has 8 heteroatoms. The quantitative estimate of drug-likeness (QED) is 0.590. The van der Waals surface area contributed by atoms with Gasteiger partial charge < -0.3 is 20.3 Å². The van der Waals surface area contributed by atoms with Crippen molar-refractivity contribution in [2.45, 2.75) is 32.7 Å². The molecule has 1 aromatic heterocycles. The number of hydrogen-bond acceptors (Lipinski definition) is 6. The summed E-state index contributed by atoms with van der Waals surface area (Å²) in [6.45, 7) is 5.78. The lowest BCUT2D eigenvalue weighted by molar-refractivity contribution is -0.128. The van der Waals surface area contributed by atoms with Gasteiger partial charge in [0.1, 0.15) is 0 Å². The fourth-order valence-corrected chi connectivity index (χ4v) is 4.13. The maximum atomic E-state index is 12.8. The van der Waals surface area contributed by atoms with E-state index in [1.54, 1.807) is 48.4 Å². The van der Waals surface area contributed by atoms with Crippen LogP contribution in [-0.2, 0) is 9.53 Å². The highest BCUT2D eigenvalue weighted by Crippen LogP contribution is 2.23. The molecule has 8 nitrogen and oxygen atoms in total. The Balaban J connectivity index is 1.58. The summed E-state index contributed by atoms with van der Waals surface area (Å²) in [5.41, 5.74) is 4.67. The lowest BCUT2D eigenvalue weighted by Gasteiger charge is -2.32. The third-order valence-corrected chi connectivity index (χ3v) is 5.97. The molecule has 1 atom stereocenters. The lowest BCUT2D eigenvalue weighted by Crippen LogP contribution is -2.42. The highest BCUT2D eigenvalue weighted by Gasteiger charge is 2.27. The highest BCUT2D eigenvalue weighted by atomic mass is 16.5. The molecule has 0 saturated carbocycles. The molecule has 4 rings (SSSR count).